The van der Waals surface area contributed by atoms with E-state index in [1.807, 2.05) is 12.2 Å². The number of hydrogen-bond donors (Lipinski definition) is 0. The van der Waals surface area contributed by atoms with Crippen molar-refractivity contribution in [1.29, 1.82) is 0 Å². The molecule has 0 heterocycles. The molecule has 2 aliphatic rings. The predicted molar refractivity (Wildman–Crippen MR) is 115 cm³/mol. The molecular formula is C26H28O. The van der Waals surface area contributed by atoms with Crippen molar-refractivity contribution in [2.24, 2.45) is 0 Å². The Morgan fingerprint density at radius 3 is 2.15 bits per heavy atom. The summed E-state index contributed by atoms with van der Waals surface area (Å²) < 4.78 is 0. The summed E-state index contributed by atoms with van der Waals surface area (Å²) in [5.41, 5.74) is 6.61. The maximum Gasteiger partial charge on any atom is 0.149 e. The normalized spacial score (nSPS) is 20.4. The largest absolute Gasteiger partial charge is 0.298 e. The van der Waals surface area contributed by atoms with Crippen LogP contribution < -0.4 is 0 Å². The molecule has 2 aromatic carbocycles. The lowest BCUT2D eigenvalue weighted by molar-refractivity contribution is -0.104. The van der Waals surface area contributed by atoms with Crippen molar-refractivity contribution in [1.82, 2.24) is 0 Å². The minimum Gasteiger partial charge on any atom is -0.298 e. The third kappa shape index (κ3) is 3.20. The van der Waals surface area contributed by atoms with E-state index in [9.17, 15) is 4.79 Å². The highest BCUT2D eigenvalue weighted by Crippen LogP contribution is 2.47. The number of carbonyl (C=O) groups is 1. The van der Waals surface area contributed by atoms with Crippen molar-refractivity contribution in [2.45, 2.75) is 57.8 Å². The highest BCUT2D eigenvalue weighted by atomic mass is 16.1. The van der Waals surface area contributed by atoms with Crippen molar-refractivity contribution in [3.63, 3.8) is 0 Å². The third-order valence-corrected chi connectivity index (χ3v) is 6.43. The summed E-state index contributed by atoms with van der Waals surface area (Å²) in [7, 11) is 0. The molecule has 1 nitrogen and oxygen atoms in total. The first kappa shape index (κ1) is 18.0. The molecule has 0 saturated heterocycles. The molecule has 2 aromatic rings. The number of hydrogen-bond acceptors (Lipinski definition) is 1. The third-order valence-electron chi connectivity index (χ3n) is 6.43. The average molecular weight is 357 g/mol. The van der Waals surface area contributed by atoms with Crippen LogP contribution in [0.5, 0.6) is 0 Å². The molecule has 138 valence electrons. The second-order valence-corrected chi connectivity index (χ2v) is 9.28. The Balaban J connectivity index is 1.82. The van der Waals surface area contributed by atoms with E-state index in [1.54, 1.807) is 0 Å². The Hall–Kier alpha value is -2.41. The molecule has 2 aliphatic carbocycles. The molecule has 1 heteroatoms. The van der Waals surface area contributed by atoms with Gasteiger partial charge in [-0.25, -0.2) is 0 Å². The first-order valence-electron chi connectivity index (χ1n) is 9.93. The van der Waals surface area contributed by atoms with Crippen LogP contribution in [0.25, 0.3) is 16.3 Å². The van der Waals surface area contributed by atoms with Crippen LogP contribution in [0.1, 0.15) is 63.6 Å². The molecule has 0 N–H and O–H groups in total. The van der Waals surface area contributed by atoms with Gasteiger partial charge in [0.15, 0.2) is 0 Å². The molecule has 0 bridgehead atoms. The Kier molecular flexibility index (Phi) is 4.22. The summed E-state index contributed by atoms with van der Waals surface area (Å²) >= 11 is 0. The summed E-state index contributed by atoms with van der Waals surface area (Å²) in [5.74, 6) is 0. The van der Waals surface area contributed by atoms with E-state index in [4.69, 9.17) is 0 Å². The van der Waals surface area contributed by atoms with Crippen LogP contribution in [0.4, 0.5) is 0 Å². The van der Waals surface area contributed by atoms with Gasteiger partial charge in [-0.3, -0.25) is 4.79 Å². The first-order chi connectivity index (χ1) is 12.8. The van der Waals surface area contributed by atoms with Gasteiger partial charge in [-0.1, -0.05) is 76.3 Å². The zero-order valence-corrected chi connectivity index (χ0v) is 16.8. The van der Waals surface area contributed by atoms with E-state index in [1.165, 1.54) is 45.9 Å². The minimum atomic E-state index is 0.222. The van der Waals surface area contributed by atoms with Crippen LogP contribution in [-0.4, -0.2) is 6.29 Å². The lowest BCUT2D eigenvalue weighted by Crippen LogP contribution is -2.33. The molecule has 4 rings (SSSR count). The lowest BCUT2D eigenvalue weighted by Gasteiger charge is -2.42. The minimum absolute atomic E-state index is 0.222. The number of benzene rings is 2. The summed E-state index contributed by atoms with van der Waals surface area (Å²) in [6.07, 6.45) is 12.3. The fraction of sp³-hybridized carbons (Fsp3) is 0.346. The SMILES string of the molecule is CC1(C)CCC(C)(C)c2cc3cc(C4=CCC=C(C=O)C=C4)ccc3cc21. The van der Waals surface area contributed by atoms with E-state index < -0.39 is 0 Å². The van der Waals surface area contributed by atoms with Gasteiger partial charge in [0.25, 0.3) is 0 Å². The van der Waals surface area contributed by atoms with Crippen molar-refractivity contribution in [3.05, 3.63) is 76.9 Å². The maximum atomic E-state index is 11.0. The highest BCUT2D eigenvalue weighted by molar-refractivity contribution is 5.90. The standard InChI is InChI=1S/C26H28O/c1-25(2)12-13-26(3,4)24-16-22-14-20(10-11-21(22)15-23(24)25)19-7-5-6-18(17-27)8-9-19/h6-11,14-17H,5,12-13H2,1-4H3. The first-order valence-corrected chi connectivity index (χ1v) is 9.93. The van der Waals surface area contributed by atoms with Crippen LogP contribution >= 0.6 is 0 Å². The van der Waals surface area contributed by atoms with Gasteiger partial charge in [0, 0.05) is 5.57 Å². The van der Waals surface area contributed by atoms with Gasteiger partial charge in [-0.15, -0.1) is 0 Å². The molecule has 0 aliphatic heterocycles. The van der Waals surface area contributed by atoms with Crippen molar-refractivity contribution < 1.29 is 4.79 Å². The molecule has 0 aromatic heterocycles. The fourth-order valence-corrected chi connectivity index (χ4v) is 4.44. The van der Waals surface area contributed by atoms with Gasteiger partial charge in [-0.2, -0.15) is 0 Å². The van der Waals surface area contributed by atoms with Crippen LogP contribution in [0, 0.1) is 0 Å². The lowest BCUT2D eigenvalue weighted by atomic mass is 9.63. The zero-order chi connectivity index (χ0) is 19.2. The van der Waals surface area contributed by atoms with Crippen LogP contribution in [0.2, 0.25) is 0 Å². The monoisotopic (exact) mass is 356 g/mol. The second-order valence-electron chi connectivity index (χ2n) is 9.28. The smallest absolute Gasteiger partial charge is 0.149 e. The van der Waals surface area contributed by atoms with E-state index in [-0.39, 0.29) is 10.8 Å². The Bertz CT molecular complexity index is 1010. The average Bonchev–Trinajstić information content (AvgIpc) is 2.90. The molecule has 0 fully saturated rings. The summed E-state index contributed by atoms with van der Waals surface area (Å²) in [6, 6.07) is 11.6. The fourth-order valence-electron chi connectivity index (χ4n) is 4.44. The molecule has 0 saturated carbocycles. The van der Waals surface area contributed by atoms with Gasteiger partial charge >= 0.3 is 0 Å². The number of allylic oxidation sites excluding steroid dienone is 6. The van der Waals surface area contributed by atoms with Crippen molar-refractivity contribution in [2.75, 3.05) is 0 Å². The van der Waals surface area contributed by atoms with Gasteiger partial charge in [0.1, 0.15) is 6.29 Å². The molecule has 0 radical (unpaired) electrons. The van der Waals surface area contributed by atoms with Gasteiger partial charge in [0.05, 0.1) is 0 Å². The van der Waals surface area contributed by atoms with E-state index >= 15 is 0 Å². The molecule has 0 unspecified atom stereocenters. The Labute approximate surface area is 162 Å². The van der Waals surface area contributed by atoms with E-state index in [0.717, 1.165) is 18.3 Å². The van der Waals surface area contributed by atoms with E-state index in [0.29, 0.717) is 0 Å². The molecule has 0 atom stereocenters. The molecular weight excluding hydrogens is 328 g/mol. The summed E-state index contributed by atoms with van der Waals surface area (Å²) in [5, 5.41) is 2.62. The molecule has 27 heavy (non-hydrogen) atoms. The second kappa shape index (κ2) is 6.34. The van der Waals surface area contributed by atoms with E-state index in [2.05, 4.69) is 70.2 Å². The zero-order valence-electron chi connectivity index (χ0n) is 16.8. The van der Waals surface area contributed by atoms with Crippen LogP contribution in [0.3, 0.4) is 0 Å². The van der Waals surface area contributed by atoms with Gasteiger partial charge in [0.2, 0.25) is 0 Å². The van der Waals surface area contributed by atoms with Gasteiger partial charge in [-0.05, 0) is 69.2 Å². The number of fused-ring (bicyclic) bond motifs is 2. The topological polar surface area (TPSA) is 17.1 Å². The summed E-state index contributed by atoms with van der Waals surface area (Å²) in [4.78, 5) is 11.0. The van der Waals surface area contributed by atoms with Crippen LogP contribution in [-0.2, 0) is 15.6 Å². The number of carbonyl (C=O) groups excluding carboxylic acids is 1. The highest BCUT2D eigenvalue weighted by Gasteiger charge is 2.37. The number of aldehydes is 1. The maximum absolute atomic E-state index is 11.0. The summed E-state index contributed by atoms with van der Waals surface area (Å²) in [6.45, 7) is 9.50. The molecule has 0 spiro atoms. The van der Waals surface area contributed by atoms with Crippen molar-refractivity contribution >= 4 is 22.6 Å². The van der Waals surface area contributed by atoms with Gasteiger partial charge < -0.3 is 0 Å². The number of rotatable bonds is 2. The van der Waals surface area contributed by atoms with Crippen LogP contribution in [0.15, 0.2) is 60.2 Å². The molecule has 0 amide bonds. The Morgan fingerprint density at radius 1 is 0.815 bits per heavy atom. The van der Waals surface area contributed by atoms with Crippen molar-refractivity contribution in [3.8, 4) is 0 Å². The quantitative estimate of drug-likeness (QED) is 0.550. The Morgan fingerprint density at radius 2 is 1.48 bits per heavy atom. The predicted octanol–water partition coefficient (Wildman–Crippen LogP) is 6.66.